The predicted octanol–water partition coefficient (Wildman–Crippen LogP) is 1.85. The fourth-order valence-electron chi connectivity index (χ4n) is 2.23. The Morgan fingerprint density at radius 3 is 2.91 bits per heavy atom. The van der Waals surface area contributed by atoms with E-state index >= 15 is 0 Å². The molecule has 1 N–H and O–H groups in total. The van der Waals surface area contributed by atoms with E-state index in [9.17, 15) is 8.42 Å². The Morgan fingerprint density at radius 2 is 2.17 bits per heavy atom. The second-order valence-electron chi connectivity index (χ2n) is 5.00. The number of unbranched alkanes of at least 4 members (excludes halogenated alkanes) is 2. The lowest BCUT2D eigenvalue weighted by Crippen LogP contribution is -2.10. The highest BCUT2D eigenvalue weighted by Crippen LogP contribution is 2.28. The highest BCUT2D eigenvalue weighted by atomic mass is 32.2. The lowest BCUT2D eigenvalue weighted by Gasteiger charge is -2.06. The molecule has 0 radical (unpaired) electrons. The van der Waals surface area contributed by atoms with Crippen LogP contribution in [0.1, 0.15) is 26.2 Å². The van der Waals surface area contributed by atoms with E-state index in [-0.39, 0.29) is 16.1 Å². The molecule has 8 nitrogen and oxygen atoms in total. The van der Waals surface area contributed by atoms with Crippen molar-refractivity contribution < 1.29 is 13.2 Å². The number of ether oxygens (including phenoxy) is 1. The van der Waals surface area contributed by atoms with Crippen molar-refractivity contribution in [3.63, 3.8) is 0 Å². The maximum absolute atomic E-state index is 12.8. The molecule has 0 bridgehead atoms. The van der Waals surface area contributed by atoms with Crippen molar-refractivity contribution >= 4 is 15.5 Å². The lowest BCUT2D eigenvalue weighted by molar-refractivity contribution is 0.288. The van der Waals surface area contributed by atoms with Gasteiger partial charge in [-0.2, -0.15) is 10.1 Å². The summed E-state index contributed by atoms with van der Waals surface area (Å²) in [5.74, 6) is 0.0868. The molecule has 3 aromatic rings. The Bertz CT molecular complexity index is 886. The molecule has 0 atom stereocenters. The zero-order chi connectivity index (χ0) is 16.3. The molecule has 0 fully saturated rings. The number of fused-ring (bicyclic) bond motifs is 1. The van der Waals surface area contributed by atoms with Gasteiger partial charge < -0.3 is 4.74 Å². The average Bonchev–Trinajstić information content (AvgIpc) is 3.19. The van der Waals surface area contributed by atoms with Crippen molar-refractivity contribution in [3.8, 4) is 5.88 Å². The van der Waals surface area contributed by atoms with Crippen molar-refractivity contribution in [2.45, 2.75) is 36.4 Å². The summed E-state index contributed by atoms with van der Waals surface area (Å²) in [5.41, 5.74) is 0.496. The number of hydrogen-bond acceptors (Lipinski definition) is 6. The molecule has 0 amide bonds. The number of pyridine rings is 1. The molecule has 9 heteroatoms. The van der Waals surface area contributed by atoms with Crippen LogP contribution in [0.5, 0.6) is 5.88 Å². The van der Waals surface area contributed by atoms with E-state index in [0.717, 1.165) is 25.6 Å². The number of nitrogens with zero attached hydrogens (tertiary/aromatic N) is 4. The molecule has 0 spiro atoms. The molecular formula is C14H17N5O3S. The zero-order valence-electron chi connectivity index (χ0n) is 12.6. The van der Waals surface area contributed by atoms with Gasteiger partial charge in [-0.15, -0.1) is 0 Å². The van der Waals surface area contributed by atoms with E-state index in [2.05, 4.69) is 27.1 Å². The highest BCUT2D eigenvalue weighted by Gasteiger charge is 2.30. The van der Waals surface area contributed by atoms with Crippen molar-refractivity contribution in [2.75, 3.05) is 6.61 Å². The number of aromatic amines is 1. The van der Waals surface area contributed by atoms with Crippen molar-refractivity contribution in [1.29, 1.82) is 0 Å². The Labute approximate surface area is 133 Å². The van der Waals surface area contributed by atoms with Gasteiger partial charge in [0, 0.05) is 6.20 Å². The summed E-state index contributed by atoms with van der Waals surface area (Å²) in [6.07, 6.45) is 5.68. The van der Waals surface area contributed by atoms with Gasteiger partial charge in [0.25, 0.3) is 15.7 Å². The molecule has 23 heavy (non-hydrogen) atoms. The third-order valence-electron chi connectivity index (χ3n) is 3.34. The van der Waals surface area contributed by atoms with Crippen LogP contribution < -0.4 is 4.74 Å². The Hall–Kier alpha value is -2.42. The molecule has 0 aliphatic carbocycles. The monoisotopic (exact) mass is 335 g/mol. The van der Waals surface area contributed by atoms with Gasteiger partial charge in [-0.25, -0.2) is 18.5 Å². The first-order chi connectivity index (χ1) is 11.1. The molecule has 122 valence electrons. The topological polar surface area (TPSA) is 102 Å². The third kappa shape index (κ3) is 2.91. The standard InChI is InChI=1S/C14H17N5O3S/c1-2-3-6-9-22-12-13(19-8-5-4-7-11(19)17-12)23(20,21)14-15-10-16-18-14/h4-5,7-8,10H,2-3,6,9H2,1H3,(H,15,16,18). The summed E-state index contributed by atoms with van der Waals surface area (Å²) in [6.45, 7) is 2.50. The van der Waals surface area contributed by atoms with Gasteiger partial charge in [-0.1, -0.05) is 25.8 Å². The number of hydrogen-bond donors (Lipinski definition) is 1. The van der Waals surface area contributed by atoms with Gasteiger partial charge >= 0.3 is 0 Å². The smallest absolute Gasteiger partial charge is 0.262 e. The molecule has 3 aromatic heterocycles. The van der Waals surface area contributed by atoms with Gasteiger partial charge in [0.1, 0.15) is 12.0 Å². The summed E-state index contributed by atoms with van der Waals surface area (Å²) in [7, 11) is -3.91. The normalized spacial score (nSPS) is 11.9. The van der Waals surface area contributed by atoms with Crippen LogP contribution in [0, 0.1) is 0 Å². The molecule has 0 saturated heterocycles. The molecular weight excluding hydrogens is 318 g/mol. The van der Waals surface area contributed by atoms with Crippen molar-refractivity contribution in [3.05, 3.63) is 30.7 Å². The molecule has 0 unspecified atom stereocenters. The van der Waals surface area contributed by atoms with Crippen LogP contribution in [0.3, 0.4) is 0 Å². The van der Waals surface area contributed by atoms with Gasteiger partial charge in [-0.3, -0.25) is 4.40 Å². The van der Waals surface area contributed by atoms with Crippen molar-refractivity contribution in [2.24, 2.45) is 0 Å². The largest absolute Gasteiger partial charge is 0.476 e. The fourth-order valence-corrected chi connectivity index (χ4v) is 3.52. The highest BCUT2D eigenvalue weighted by molar-refractivity contribution is 7.91. The van der Waals surface area contributed by atoms with E-state index in [1.165, 1.54) is 4.40 Å². The van der Waals surface area contributed by atoms with Crippen LogP contribution in [0.4, 0.5) is 0 Å². The van der Waals surface area contributed by atoms with Crippen LogP contribution >= 0.6 is 0 Å². The van der Waals surface area contributed by atoms with Gasteiger partial charge in [0.15, 0.2) is 0 Å². The number of sulfone groups is 1. The maximum Gasteiger partial charge on any atom is 0.262 e. The molecule has 0 saturated carbocycles. The number of imidazole rings is 1. The average molecular weight is 335 g/mol. The number of rotatable bonds is 7. The molecule has 3 rings (SSSR count). The molecule has 0 aromatic carbocycles. The van der Waals surface area contributed by atoms with E-state index in [1.54, 1.807) is 24.4 Å². The van der Waals surface area contributed by atoms with Crippen LogP contribution in [-0.4, -0.2) is 39.6 Å². The minimum atomic E-state index is -3.91. The first-order valence-corrected chi connectivity index (χ1v) is 8.83. The molecule has 3 heterocycles. The Kier molecular flexibility index (Phi) is 4.28. The number of nitrogens with one attached hydrogen (secondary N) is 1. The molecule has 0 aliphatic rings. The summed E-state index contributed by atoms with van der Waals surface area (Å²) in [6, 6.07) is 5.24. The van der Waals surface area contributed by atoms with Gasteiger partial charge in [-0.05, 0) is 18.6 Å². The predicted molar refractivity (Wildman–Crippen MR) is 82.0 cm³/mol. The summed E-state index contributed by atoms with van der Waals surface area (Å²) in [4.78, 5) is 8.04. The van der Waals surface area contributed by atoms with E-state index < -0.39 is 9.84 Å². The minimum absolute atomic E-state index is 0.0404. The summed E-state index contributed by atoms with van der Waals surface area (Å²) < 4.78 is 32.7. The van der Waals surface area contributed by atoms with Crippen LogP contribution in [-0.2, 0) is 9.84 Å². The second kappa shape index (κ2) is 6.37. The Balaban J connectivity index is 2.06. The van der Waals surface area contributed by atoms with E-state index in [4.69, 9.17) is 4.74 Å². The third-order valence-corrected chi connectivity index (χ3v) is 4.93. The SMILES string of the molecule is CCCCCOc1nc2ccccn2c1S(=O)(=O)c1ncn[nH]1. The molecule has 0 aliphatic heterocycles. The van der Waals surface area contributed by atoms with Gasteiger partial charge in [0.2, 0.25) is 10.2 Å². The minimum Gasteiger partial charge on any atom is -0.476 e. The zero-order valence-corrected chi connectivity index (χ0v) is 13.5. The van der Waals surface area contributed by atoms with E-state index in [0.29, 0.717) is 12.3 Å². The first kappa shape index (κ1) is 15.5. The first-order valence-electron chi connectivity index (χ1n) is 7.35. The second-order valence-corrected chi connectivity index (χ2v) is 6.78. The maximum atomic E-state index is 12.8. The summed E-state index contributed by atoms with van der Waals surface area (Å²) >= 11 is 0. The van der Waals surface area contributed by atoms with Crippen LogP contribution in [0.2, 0.25) is 0 Å². The van der Waals surface area contributed by atoms with E-state index in [1.807, 2.05) is 0 Å². The number of H-pyrrole nitrogens is 1. The fraction of sp³-hybridized carbons (Fsp3) is 0.357. The Morgan fingerprint density at radius 1 is 1.30 bits per heavy atom. The lowest BCUT2D eigenvalue weighted by atomic mass is 10.3. The number of aromatic nitrogens is 5. The van der Waals surface area contributed by atoms with Crippen LogP contribution in [0.15, 0.2) is 40.9 Å². The van der Waals surface area contributed by atoms with Gasteiger partial charge in [0.05, 0.1) is 6.61 Å². The van der Waals surface area contributed by atoms with Crippen LogP contribution in [0.25, 0.3) is 5.65 Å². The quantitative estimate of drug-likeness (QED) is 0.661. The summed E-state index contributed by atoms with van der Waals surface area (Å²) in [5, 5.41) is 5.72. The van der Waals surface area contributed by atoms with Crippen molar-refractivity contribution in [1.82, 2.24) is 24.6 Å².